The summed E-state index contributed by atoms with van der Waals surface area (Å²) >= 11 is 5.11. The summed E-state index contributed by atoms with van der Waals surface area (Å²) in [6.45, 7) is 2.32. The molecule has 0 amide bonds. The largest absolute Gasteiger partial charge is 0.444 e. The Morgan fingerprint density at radius 2 is 2.10 bits per heavy atom. The Hall–Kier alpha value is -2.47. The highest BCUT2D eigenvalue weighted by Gasteiger charge is 2.11. The van der Waals surface area contributed by atoms with Crippen molar-refractivity contribution < 1.29 is 4.42 Å². The van der Waals surface area contributed by atoms with Gasteiger partial charge in [0, 0.05) is 11.6 Å². The molecule has 2 aromatic heterocycles. The van der Waals surface area contributed by atoms with Gasteiger partial charge in [-0.3, -0.25) is 4.98 Å². The highest BCUT2D eigenvalue weighted by atomic mass is 32.1. The normalized spacial score (nSPS) is 10.7. The molecular weight excluding hydrogens is 284 g/mol. The van der Waals surface area contributed by atoms with Gasteiger partial charge in [-0.15, -0.1) is 0 Å². The van der Waals surface area contributed by atoms with Gasteiger partial charge in [-0.25, -0.2) is 4.98 Å². The van der Waals surface area contributed by atoms with Crippen molar-refractivity contribution in [1.29, 1.82) is 0 Å². The van der Waals surface area contributed by atoms with Crippen LogP contribution < -0.4 is 11.1 Å². The van der Waals surface area contributed by atoms with Gasteiger partial charge in [0.05, 0.1) is 29.5 Å². The number of nitrogens with zero attached hydrogens (tertiary/aromatic N) is 2. The highest BCUT2D eigenvalue weighted by Crippen LogP contribution is 2.26. The van der Waals surface area contributed by atoms with E-state index < -0.39 is 0 Å². The topological polar surface area (TPSA) is 77.0 Å². The number of anilines is 1. The third-order valence-corrected chi connectivity index (χ3v) is 3.35. The van der Waals surface area contributed by atoms with Gasteiger partial charge in [-0.05, 0) is 13.0 Å². The van der Waals surface area contributed by atoms with Crippen molar-refractivity contribution in [3.05, 3.63) is 53.9 Å². The summed E-state index contributed by atoms with van der Waals surface area (Å²) in [6, 6.07) is 7.82. The first-order chi connectivity index (χ1) is 10.1. The summed E-state index contributed by atoms with van der Waals surface area (Å²) in [4.78, 5) is 8.86. The summed E-state index contributed by atoms with van der Waals surface area (Å²) < 4.78 is 5.46. The van der Waals surface area contributed by atoms with Crippen molar-refractivity contribution in [2.45, 2.75) is 13.5 Å². The van der Waals surface area contributed by atoms with Crippen molar-refractivity contribution in [3.63, 3.8) is 0 Å². The molecule has 0 radical (unpaired) electrons. The smallest absolute Gasteiger partial charge is 0.213 e. The van der Waals surface area contributed by atoms with E-state index in [4.69, 9.17) is 22.4 Å². The van der Waals surface area contributed by atoms with E-state index >= 15 is 0 Å². The van der Waals surface area contributed by atoms with Crippen molar-refractivity contribution in [1.82, 2.24) is 9.97 Å². The zero-order valence-corrected chi connectivity index (χ0v) is 12.3. The lowest BCUT2D eigenvalue weighted by atomic mass is 10.1. The number of rotatable bonds is 4. The zero-order valence-electron chi connectivity index (χ0n) is 11.5. The van der Waals surface area contributed by atoms with Gasteiger partial charge in [0.25, 0.3) is 0 Å². The minimum Gasteiger partial charge on any atom is -0.444 e. The van der Waals surface area contributed by atoms with Gasteiger partial charge < -0.3 is 15.5 Å². The van der Waals surface area contributed by atoms with Crippen molar-refractivity contribution >= 4 is 33.8 Å². The molecular formula is C15H14N4OS. The van der Waals surface area contributed by atoms with Crippen LogP contribution in [0.5, 0.6) is 0 Å². The van der Waals surface area contributed by atoms with Crippen molar-refractivity contribution in [2.24, 2.45) is 5.73 Å². The summed E-state index contributed by atoms with van der Waals surface area (Å²) in [5, 5.41) is 4.27. The monoisotopic (exact) mass is 298 g/mol. The van der Waals surface area contributed by atoms with Crippen LogP contribution in [-0.2, 0) is 6.54 Å². The number of aromatic nitrogens is 2. The third kappa shape index (κ3) is 2.71. The first-order valence-electron chi connectivity index (χ1n) is 6.48. The Morgan fingerprint density at radius 3 is 2.81 bits per heavy atom. The summed E-state index contributed by atoms with van der Waals surface area (Å²) in [5.41, 5.74) is 8.24. The van der Waals surface area contributed by atoms with Gasteiger partial charge in [0.1, 0.15) is 10.7 Å². The first kappa shape index (κ1) is 13.5. The molecule has 0 spiro atoms. The quantitative estimate of drug-likeness (QED) is 0.721. The van der Waals surface area contributed by atoms with Crippen LogP contribution in [0, 0.1) is 6.92 Å². The predicted octanol–water partition coefficient (Wildman–Crippen LogP) is 2.78. The molecule has 5 nitrogen and oxygen atoms in total. The highest BCUT2D eigenvalue weighted by molar-refractivity contribution is 7.80. The van der Waals surface area contributed by atoms with Crippen LogP contribution in [0.4, 0.5) is 5.69 Å². The minimum atomic E-state index is 0.305. The number of para-hydroxylation sites is 1. The fourth-order valence-corrected chi connectivity index (χ4v) is 2.32. The van der Waals surface area contributed by atoms with Gasteiger partial charge in [-0.1, -0.05) is 30.4 Å². The SMILES string of the molecule is Cc1cnc(CNc2c(C(N)=S)cnc3ccccc23)o1. The van der Waals surface area contributed by atoms with E-state index in [1.165, 1.54) is 0 Å². The van der Waals surface area contributed by atoms with Gasteiger partial charge >= 0.3 is 0 Å². The lowest BCUT2D eigenvalue weighted by Gasteiger charge is -2.12. The molecule has 21 heavy (non-hydrogen) atoms. The Morgan fingerprint density at radius 1 is 1.29 bits per heavy atom. The van der Waals surface area contributed by atoms with E-state index in [1.807, 2.05) is 31.2 Å². The maximum Gasteiger partial charge on any atom is 0.213 e. The molecule has 106 valence electrons. The van der Waals surface area contributed by atoms with Crippen LogP contribution in [0.15, 0.2) is 41.1 Å². The van der Waals surface area contributed by atoms with Gasteiger partial charge in [-0.2, -0.15) is 0 Å². The lowest BCUT2D eigenvalue weighted by molar-refractivity contribution is 0.479. The molecule has 0 aliphatic carbocycles. The number of oxazole rings is 1. The Balaban J connectivity index is 2.01. The molecule has 0 saturated carbocycles. The molecule has 0 aliphatic heterocycles. The summed E-state index contributed by atoms with van der Waals surface area (Å²) in [5.74, 6) is 1.39. The maximum absolute atomic E-state index is 5.79. The van der Waals surface area contributed by atoms with E-state index in [2.05, 4.69) is 15.3 Å². The molecule has 6 heteroatoms. The van der Waals surface area contributed by atoms with E-state index in [0.29, 0.717) is 23.0 Å². The first-order valence-corrected chi connectivity index (χ1v) is 6.88. The molecule has 0 aliphatic rings. The van der Waals surface area contributed by atoms with Crippen LogP contribution in [0.2, 0.25) is 0 Å². The number of benzene rings is 1. The van der Waals surface area contributed by atoms with E-state index in [9.17, 15) is 0 Å². The number of nitrogens with one attached hydrogen (secondary N) is 1. The van der Waals surface area contributed by atoms with E-state index in [0.717, 1.165) is 22.4 Å². The third-order valence-electron chi connectivity index (χ3n) is 3.13. The standard InChI is InChI=1S/C15H14N4OS/c1-9-6-18-13(20-9)8-19-14-10-4-2-3-5-12(10)17-7-11(14)15(16)21/h2-7H,8H2,1H3,(H2,16,21)(H,17,19). The number of thiocarbonyl (C=S) groups is 1. The summed E-state index contributed by atoms with van der Waals surface area (Å²) in [7, 11) is 0. The minimum absolute atomic E-state index is 0.305. The second-order valence-electron chi connectivity index (χ2n) is 4.65. The van der Waals surface area contributed by atoms with Crippen LogP contribution in [0.3, 0.4) is 0 Å². The number of hydrogen-bond acceptors (Lipinski definition) is 5. The van der Waals surface area contributed by atoms with Crippen LogP contribution in [-0.4, -0.2) is 15.0 Å². The van der Waals surface area contributed by atoms with Gasteiger partial charge in [0.2, 0.25) is 5.89 Å². The van der Waals surface area contributed by atoms with E-state index in [-0.39, 0.29) is 0 Å². The van der Waals surface area contributed by atoms with Crippen molar-refractivity contribution in [2.75, 3.05) is 5.32 Å². The average molecular weight is 298 g/mol. The van der Waals surface area contributed by atoms with Crippen LogP contribution in [0.25, 0.3) is 10.9 Å². The molecule has 1 aromatic carbocycles. The second kappa shape index (κ2) is 5.49. The predicted molar refractivity (Wildman–Crippen MR) is 86.2 cm³/mol. The second-order valence-corrected chi connectivity index (χ2v) is 5.09. The average Bonchev–Trinajstić information content (AvgIpc) is 2.90. The van der Waals surface area contributed by atoms with Gasteiger partial charge in [0.15, 0.2) is 0 Å². The molecule has 3 aromatic rings. The molecule has 0 saturated heterocycles. The molecule has 3 rings (SSSR count). The number of hydrogen-bond donors (Lipinski definition) is 2. The Kier molecular flexibility index (Phi) is 3.53. The lowest BCUT2D eigenvalue weighted by Crippen LogP contribution is -2.14. The fourth-order valence-electron chi connectivity index (χ4n) is 2.17. The molecule has 0 fully saturated rings. The Bertz CT molecular complexity index is 812. The summed E-state index contributed by atoms with van der Waals surface area (Å²) in [6.07, 6.45) is 3.38. The molecule has 0 atom stereocenters. The number of pyridine rings is 1. The number of fused-ring (bicyclic) bond motifs is 1. The molecule has 0 unspecified atom stereocenters. The number of aryl methyl sites for hydroxylation is 1. The van der Waals surface area contributed by atoms with Crippen LogP contribution >= 0.6 is 12.2 Å². The number of nitrogens with two attached hydrogens (primary N) is 1. The zero-order chi connectivity index (χ0) is 14.8. The molecule has 0 bridgehead atoms. The molecule has 2 heterocycles. The van der Waals surface area contributed by atoms with Crippen LogP contribution in [0.1, 0.15) is 17.2 Å². The maximum atomic E-state index is 5.79. The fraction of sp³-hybridized carbons (Fsp3) is 0.133. The van der Waals surface area contributed by atoms with Crippen molar-refractivity contribution in [3.8, 4) is 0 Å². The Labute approximate surface area is 127 Å². The van der Waals surface area contributed by atoms with E-state index in [1.54, 1.807) is 12.4 Å². The molecule has 3 N–H and O–H groups in total.